The van der Waals surface area contributed by atoms with Crippen LogP contribution in [0.1, 0.15) is 32.0 Å². The molecule has 6 nitrogen and oxygen atoms in total. The normalized spacial score (nSPS) is 13.9. The summed E-state index contributed by atoms with van der Waals surface area (Å²) in [6, 6.07) is 5.21. The Morgan fingerprint density at radius 3 is 2.81 bits per heavy atom. The van der Waals surface area contributed by atoms with Crippen LogP contribution >= 0.6 is 0 Å². The monoisotopic (exact) mass is 285 g/mol. The molecule has 6 heteroatoms. The van der Waals surface area contributed by atoms with E-state index in [-0.39, 0.29) is 5.91 Å². The molecule has 0 unspecified atom stereocenters. The number of rotatable bonds is 2. The highest BCUT2D eigenvalue weighted by molar-refractivity contribution is 5.93. The summed E-state index contributed by atoms with van der Waals surface area (Å²) in [7, 11) is 1.78. The van der Waals surface area contributed by atoms with Crippen LogP contribution in [0.15, 0.2) is 30.7 Å². The van der Waals surface area contributed by atoms with Gasteiger partial charge < -0.3 is 14.6 Å². The molecule has 1 aliphatic heterocycles. The number of imidazole rings is 1. The molecule has 2 heterocycles. The van der Waals surface area contributed by atoms with Gasteiger partial charge in [0, 0.05) is 20.1 Å². The van der Waals surface area contributed by atoms with Crippen LogP contribution in [0.5, 0.6) is 0 Å². The molecule has 0 fully saturated rings. The number of carbonyl (C=O) groups is 2. The lowest BCUT2D eigenvalue weighted by molar-refractivity contribution is 0.0694. The Morgan fingerprint density at radius 1 is 1.33 bits per heavy atom. The number of carboxylic acid groups (broad SMARTS) is 1. The zero-order chi connectivity index (χ0) is 15.0. The van der Waals surface area contributed by atoms with Gasteiger partial charge >= 0.3 is 5.97 Å². The van der Waals surface area contributed by atoms with Gasteiger partial charge in [0.1, 0.15) is 5.69 Å². The Kier molecular flexibility index (Phi) is 3.21. The molecular formula is C15H15N3O3. The first-order valence-electron chi connectivity index (χ1n) is 6.67. The van der Waals surface area contributed by atoms with Gasteiger partial charge in [-0.1, -0.05) is 12.1 Å². The van der Waals surface area contributed by atoms with Crippen molar-refractivity contribution in [3.05, 3.63) is 53.1 Å². The number of nitrogens with zero attached hydrogens (tertiary/aromatic N) is 3. The first-order valence-corrected chi connectivity index (χ1v) is 6.67. The number of carboxylic acids is 1. The first-order chi connectivity index (χ1) is 10.1. The number of hydrogen-bond donors (Lipinski definition) is 1. The number of benzene rings is 1. The number of aromatic nitrogens is 2. The van der Waals surface area contributed by atoms with Gasteiger partial charge in [-0.3, -0.25) is 4.79 Å². The topological polar surface area (TPSA) is 75.4 Å². The molecule has 0 saturated carbocycles. The second-order valence-corrected chi connectivity index (χ2v) is 5.11. The molecule has 0 saturated heterocycles. The second-order valence-electron chi connectivity index (χ2n) is 5.11. The van der Waals surface area contributed by atoms with Gasteiger partial charge in [0.25, 0.3) is 5.91 Å². The minimum atomic E-state index is -0.918. The van der Waals surface area contributed by atoms with E-state index in [0.717, 1.165) is 11.1 Å². The average molecular weight is 285 g/mol. The molecule has 1 N–H and O–H groups in total. The lowest BCUT2D eigenvalue weighted by atomic mass is 9.94. The Hall–Kier alpha value is -2.63. The molecule has 1 amide bonds. The maximum Gasteiger partial charge on any atom is 0.335 e. The fraction of sp³-hybridized carbons (Fsp3) is 0.267. The van der Waals surface area contributed by atoms with Gasteiger partial charge in [-0.2, -0.15) is 0 Å². The number of aryl methyl sites for hydroxylation is 1. The molecule has 108 valence electrons. The molecule has 0 bridgehead atoms. The van der Waals surface area contributed by atoms with Crippen LogP contribution in [-0.2, 0) is 20.0 Å². The van der Waals surface area contributed by atoms with Gasteiger partial charge in [-0.15, -0.1) is 0 Å². The zero-order valence-corrected chi connectivity index (χ0v) is 11.6. The molecule has 1 aromatic heterocycles. The van der Waals surface area contributed by atoms with Crippen LogP contribution in [0, 0.1) is 0 Å². The van der Waals surface area contributed by atoms with Crippen molar-refractivity contribution in [2.24, 2.45) is 7.05 Å². The van der Waals surface area contributed by atoms with Gasteiger partial charge in [0.2, 0.25) is 0 Å². The summed E-state index contributed by atoms with van der Waals surface area (Å²) >= 11 is 0. The zero-order valence-electron chi connectivity index (χ0n) is 11.6. The van der Waals surface area contributed by atoms with Gasteiger partial charge in [0.15, 0.2) is 0 Å². The maximum absolute atomic E-state index is 12.5. The lowest BCUT2D eigenvalue weighted by Gasteiger charge is -2.29. The Morgan fingerprint density at radius 2 is 2.14 bits per heavy atom. The van der Waals surface area contributed by atoms with Gasteiger partial charge in [0.05, 0.1) is 18.1 Å². The molecule has 0 spiro atoms. The quantitative estimate of drug-likeness (QED) is 0.903. The van der Waals surface area contributed by atoms with Crippen molar-refractivity contribution in [3.63, 3.8) is 0 Å². The summed E-state index contributed by atoms with van der Waals surface area (Å²) in [5, 5.41) is 9.21. The van der Waals surface area contributed by atoms with Crippen LogP contribution in [0.2, 0.25) is 0 Å². The Bertz CT molecular complexity index is 721. The van der Waals surface area contributed by atoms with Crippen LogP contribution < -0.4 is 0 Å². The van der Waals surface area contributed by atoms with E-state index in [4.69, 9.17) is 0 Å². The number of fused-ring (bicyclic) bond motifs is 1. The highest BCUT2D eigenvalue weighted by atomic mass is 16.4. The molecule has 3 rings (SSSR count). The van der Waals surface area contributed by atoms with Crippen molar-refractivity contribution in [1.82, 2.24) is 14.5 Å². The standard InChI is InChI=1S/C15H15N3O3/c1-17-9-16-7-13(17)14(19)18-6-5-11-10(8-18)3-2-4-12(11)15(20)21/h2-4,7,9H,5-6,8H2,1H3,(H,20,21). The fourth-order valence-electron chi connectivity index (χ4n) is 2.71. The fourth-order valence-corrected chi connectivity index (χ4v) is 2.71. The Labute approximate surface area is 121 Å². The molecule has 0 atom stereocenters. The van der Waals surface area contributed by atoms with E-state index in [2.05, 4.69) is 4.98 Å². The molecule has 1 aliphatic rings. The van der Waals surface area contributed by atoms with Gasteiger partial charge in [-0.25, -0.2) is 9.78 Å². The van der Waals surface area contributed by atoms with E-state index in [9.17, 15) is 14.7 Å². The van der Waals surface area contributed by atoms with Crippen molar-refractivity contribution >= 4 is 11.9 Å². The number of hydrogen-bond acceptors (Lipinski definition) is 3. The molecule has 2 aromatic rings. The number of carbonyl (C=O) groups excluding carboxylic acids is 1. The summed E-state index contributed by atoms with van der Waals surface area (Å²) in [5.41, 5.74) is 2.60. The smallest absolute Gasteiger partial charge is 0.335 e. The molecule has 21 heavy (non-hydrogen) atoms. The first kappa shape index (κ1) is 13.4. The van der Waals surface area contributed by atoms with Crippen LogP contribution in [0.25, 0.3) is 0 Å². The predicted octanol–water partition coefficient (Wildman–Crippen LogP) is 1.32. The van der Waals surface area contributed by atoms with Crippen LogP contribution in [0.3, 0.4) is 0 Å². The van der Waals surface area contributed by atoms with Crippen molar-refractivity contribution in [3.8, 4) is 0 Å². The third-order valence-electron chi connectivity index (χ3n) is 3.82. The largest absolute Gasteiger partial charge is 0.478 e. The summed E-state index contributed by atoms with van der Waals surface area (Å²) in [6.45, 7) is 0.946. The second kappa shape index (κ2) is 5.05. The van der Waals surface area contributed by atoms with E-state index in [1.54, 1.807) is 41.2 Å². The molecule has 0 radical (unpaired) electrons. The summed E-state index contributed by atoms with van der Waals surface area (Å²) in [4.78, 5) is 29.4. The van der Waals surface area contributed by atoms with E-state index in [1.807, 2.05) is 6.07 Å². The number of amides is 1. The highest BCUT2D eigenvalue weighted by Crippen LogP contribution is 2.23. The van der Waals surface area contributed by atoms with Crippen LogP contribution in [-0.4, -0.2) is 38.0 Å². The van der Waals surface area contributed by atoms with E-state index < -0.39 is 5.97 Å². The summed E-state index contributed by atoms with van der Waals surface area (Å²) in [6.07, 6.45) is 3.70. The van der Waals surface area contributed by atoms with E-state index >= 15 is 0 Å². The molecule has 0 aliphatic carbocycles. The maximum atomic E-state index is 12.5. The third kappa shape index (κ3) is 2.29. The summed E-state index contributed by atoms with van der Waals surface area (Å²) in [5.74, 6) is -1.00. The van der Waals surface area contributed by atoms with Gasteiger partial charge in [-0.05, 0) is 23.6 Å². The number of aromatic carboxylic acids is 1. The molecule has 1 aromatic carbocycles. The van der Waals surface area contributed by atoms with Crippen molar-refractivity contribution < 1.29 is 14.7 Å². The average Bonchev–Trinajstić information content (AvgIpc) is 2.91. The van der Waals surface area contributed by atoms with E-state index in [0.29, 0.717) is 30.8 Å². The van der Waals surface area contributed by atoms with Crippen molar-refractivity contribution in [1.29, 1.82) is 0 Å². The lowest BCUT2D eigenvalue weighted by Crippen LogP contribution is -2.37. The minimum absolute atomic E-state index is 0.0821. The van der Waals surface area contributed by atoms with Crippen molar-refractivity contribution in [2.75, 3.05) is 6.54 Å². The SMILES string of the molecule is Cn1cncc1C(=O)N1CCc2c(cccc2C(=O)O)C1. The summed E-state index contributed by atoms with van der Waals surface area (Å²) < 4.78 is 1.69. The minimum Gasteiger partial charge on any atom is -0.478 e. The van der Waals surface area contributed by atoms with E-state index in [1.165, 1.54) is 0 Å². The van der Waals surface area contributed by atoms with Crippen molar-refractivity contribution in [2.45, 2.75) is 13.0 Å². The van der Waals surface area contributed by atoms with Crippen LogP contribution in [0.4, 0.5) is 0 Å². The Balaban J connectivity index is 1.89. The third-order valence-corrected chi connectivity index (χ3v) is 3.82. The molecular weight excluding hydrogens is 270 g/mol. The predicted molar refractivity (Wildman–Crippen MR) is 75.1 cm³/mol. The highest BCUT2D eigenvalue weighted by Gasteiger charge is 2.25.